The largest absolute Gasteiger partial charge is 0.381 e. The Bertz CT molecular complexity index is 791. The molecule has 0 saturated carbocycles. The highest BCUT2D eigenvalue weighted by Crippen LogP contribution is 2.23. The zero-order valence-corrected chi connectivity index (χ0v) is 14.9. The average Bonchev–Trinajstić information content (AvgIpc) is 3.17. The molecule has 3 rings (SSSR count). The fraction of sp³-hybridized carbons (Fsp3) is 0.350. The van der Waals surface area contributed by atoms with Crippen molar-refractivity contribution in [1.82, 2.24) is 4.98 Å². The smallest absolute Gasteiger partial charge is 0.226 e. The molecule has 1 aliphatic heterocycles. The van der Waals surface area contributed by atoms with E-state index in [0.29, 0.717) is 12.1 Å². The molecule has 1 saturated heterocycles. The Kier molecular flexibility index (Phi) is 5.69. The molecule has 1 aromatic heterocycles. The van der Waals surface area contributed by atoms with Crippen LogP contribution in [0.25, 0.3) is 0 Å². The number of hydrogen-bond donors (Lipinski definition) is 2. The molecule has 1 fully saturated rings. The van der Waals surface area contributed by atoms with Gasteiger partial charge >= 0.3 is 0 Å². The second-order valence-electron chi connectivity index (χ2n) is 6.59. The molecule has 2 heterocycles. The van der Waals surface area contributed by atoms with Crippen molar-refractivity contribution in [1.29, 1.82) is 5.26 Å². The first-order chi connectivity index (χ1) is 12.6. The Balaban J connectivity index is 1.53. The molecule has 1 amide bonds. The van der Waals surface area contributed by atoms with Gasteiger partial charge in [-0.3, -0.25) is 4.79 Å². The van der Waals surface area contributed by atoms with E-state index in [0.717, 1.165) is 30.2 Å². The lowest BCUT2D eigenvalue weighted by atomic mass is 10.2. The Morgan fingerprint density at radius 2 is 2.08 bits per heavy atom. The van der Waals surface area contributed by atoms with Crippen molar-refractivity contribution in [2.75, 3.05) is 28.6 Å². The number of benzene rings is 1. The summed E-state index contributed by atoms with van der Waals surface area (Å²) >= 11 is 0. The number of hydrogen-bond acceptors (Lipinski definition) is 5. The Morgan fingerprint density at radius 3 is 2.77 bits per heavy atom. The molecule has 1 atom stereocenters. The highest BCUT2D eigenvalue weighted by Gasteiger charge is 2.14. The average molecular weight is 349 g/mol. The lowest BCUT2D eigenvalue weighted by Crippen LogP contribution is -2.24. The topological polar surface area (TPSA) is 81.0 Å². The molecule has 0 spiro atoms. The van der Waals surface area contributed by atoms with Crippen LogP contribution in [0.2, 0.25) is 0 Å². The van der Waals surface area contributed by atoms with Gasteiger partial charge in [-0.1, -0.05) is 6.07 Å². The summed E-state index contributed by atoms with van der Waals surface area (Å²) in [6, 6.07) is 13.4. The minimum absolute atomic E-state index is 0.0369. The second-order valence-corrected chi connectivity index (χ2v) is 6.59. The molecule has 2 aromatic rings. The number of amides is 1. The van der Waals surface area contributed by atoms with Crippen molar-refractivity contribution < 1.29 is 4.79 Å². The number of carbonyl (C=O) groups is 1. The number of anilines is 3. The normalized spacial score (nSPS) is 14.5. The van der Waals surface area contributed by atoms with Gasteiger partial charge in [0.05, 0.1) is 11.9 Å². The minimum Gasteiger partial charge on any atom is -0.381 e. The molecular formula is C20H23N5O. The van der Waals surface area contributed by atoms with Crippen LogP contribution >= 0.6 is 0 Å². The second kappa shape index (κ2) is 8.34. The highest BCUT2D eigenvalue weighted by molar-refractivity contribution is 5.91. The molecule has 134 valence electrons. The molecule has 1 aromatic carbocycles. The number of nitrogens with one attached hydrogen (secondary N) is 2. The third kappa shape index (κ3) is 4.73. The van der Waals surface area contributed by atoms with Crippen LogP contribution in [0.5, 0.6) is 0 Å². The van der Waals surface area contributed by atoms with Gasteiger partial charge in [0, 0.05) is 36.9 Å². The van der Waals surface area contributed by atoms with Crippen molar-refractivity contribution in [3.8, 4) is 6.07 Å². The maximum absolute atomic E-state index is 12.3. The summed E-state index contributed by atoms with van der Waals surface area (Å²) in [6.45, 7) is 4.10. The van der Waals surface area contributed by atoms with E-state index in [1.54, 1.807) is 18.3 Å². The van der Waals surface area contributed by atoms with Crippen molar-refractivity contribution in [2.24, 2.45) is 0 Å². The van der Waals surface area contributed by atoms with E-state index < -0.39 is 0 Å². The molecule has 2 N–H and O–H groups in total. The monoisotopic (exact) mass is 349 g/mol. The fourth-order valence-corrected chi connectivity index (χ4v) is 3.13. The summed E-state index contributed by atoms with van der Waals surface area (Å²) in [7, 11) is 0. The predicted molar refractivity (Wildman–Crippen MR) is 103 cm³/mol. The molecule has 6 heteroatoms. The van der Waals surface area contributed by atoms with Crippen molar-refractivity contribution >= 4 is 23.0 Å². The summed E-state index contributed by atoms with van der Waals surface area (Å²) in [5, 5.41) is 15.0. The van der Waals surface area contributed by atoms with E-state index in [9.17, 15) is 4.79 Å². The molecule has 6 nitrogen and oxygen atoms in total. The molecule has 26 heavy (non-hydrogen) atoms. The van der Waals surface area contributed by atoms with Crippen molar-refractivity contribution in [3.63, 3.8) is 0 Å². The standard InChI is InChI=1S/C20H23N5O/c1-15(23-18-8-7-17(13-21)22-14-18)11-20(26)24-16-5-4-6-19(12-16)25-9-2-3-10-25/h4-8,12,14-15,23H,2-3,9-11H2,1H3,(H,24,26). The van der Waals surface area contributed by atoms with Crippen molar-refractivity contribution in [2.45, 2.75) is 32.2 Å². The molecule has 1 aliphatic rings. The van der Waals surface area contributed by atoms with Crippen LogP contribution in [-0.2, 0) is 4.79 Å². The molecule has 0 aliphatic carbocycles. The van der Waals surface area contributed by atoms with Crippen LogP contribution < -0.4 is 15.5 Å². The lowest BCUT2D eigenvalue weighted by Gasteiger charge is -2.19. The van der Waals surface area contributed by atoms with E-state index >= 15 is 0 Å². The van der Waals surface area contributed by atoms with Crippen LogP contribution in [0.1, 0.15) is 31.9 Å². The highest BCUT2D eigenvalue weighted by atomic mass is 16.1. The Morgan fingerprint density at radius 1 is 1.27 bits per heavy atom. The van der Waals surface area contributed by atoms with E-state index in [1.165, 1.54) is 12.8 Å². The quantitative estimate of drug-likeness (QED) is 0.835. The predicted octanol–water partition coefficient (Wildman–Crippen LogP) is 3.38. The van der Waals surface area contributed by atoms with Crippen LogP contribution in [0.3, 0.4) is 0 Å². The SMILES string of the molecule is CC(CC(=O)Nc1cccc(N2CCCC2)c1)Nc1ccc(C#N)nc1. The third-order valence-corrected chi connectivity index (χ3v) is 4.38. The van der Waals surface area contributed by atoms with Gasteiger partial charge in [0.25, 0.3) is 0 Å². The van der Waals surface area contributed by atoms with Gasteiger partial charge < -0.3 is 15.5 Å². The zero-order chi connectivity index (χ0) is 18.4. The van der Waals surface area contributed by atoms with Crippen LogP contribution in [-0.4, -0.2) is 30.0 Å². The fourth-order valence-electron chi connectivity index (χ4n) is 3.13. The van der Waals surface area contributed by atoms with E-state index in [1.807, 2.05) is 31.2 Å². The van der Waals surface area contributed by atoms with Crippen LogP contribution in [0.15, 0.2) is 42.6 Å². The number of rotatable bonds is 6. The number of carbonyl (C=O) groups excluding carboxylic acids is 1. The van der Waals surface area contributed by atoms with Gasteiger partial charge in [0.2, 0.25) is 5.91 Å². The summed E-state index contributed by atoms with van der Waals surface area (Å²) in [6.07, 6.45) is 4.40. The molecular weight excluding hydrogens is 326 g/mol. The van der Waals surface area contributed by atoms with Crippen LogP contribution in [0, 0.1) is 11.3 Å². The molecule has 0 bridgehead atoms. The van der Waals surface area contributed by atoms with E-state index in [-0.39, 0.29) is 11.9 Å². The summed E-state index contributed by atoms with van der Waals surface area (Å²) in [4.78, 5) is 18.7. The van der Waals surface area contributed by atoms with Gasteiger partial charge in [-0.15, -0.1) is 0 Å². The van der Waals surface area contributed by atoms with E-state index in [2.05, 4.69) is 26.6 Å². The summed E-state index contributed by atoms with van der Waals surface area (Å²) < 4.78 is 0. The molecule has 0 radical (unpaired) electrons. The number of nitrogens with zero attached hydrogens (tertiary/aromatic N) is 3. The van der Waals surface area contributed by atoms with E-state index in [4.69, 9.17) is 5.26 Å². The van der Waals surface area contributed by atoms with Gasteiger partial charge in [-0.2, -0.15) is 5.26 Å². The minimum atomic E-state index is -0.0495. The van der Waals surface area contributed by atoms with Gasteiger partial charge in [0.15, 0.2) is 0 Å². The lowest BCUT2D eigenvalue weighted by molar-refractivity contribution is -0.116. The van der Waals surface area contributed by atoms with Crippen LogP contribution in [0.4, 0.5) is 17.1 Å². The number of pyridine rings is 1. The maximum Gasteiger partial charge on any atom is 0.226 e. The van der Waals surface area contributed by atoms with Gasteiger partial charge in [0.1, 0.15) is 11.8 Å². The first-order valence-corrected chi connectivity index (χ1v) is 8.91. The summed E-state index contributed by atoms with van der Waals surface area (Å²) in [5.74, 6) is -0.0369. The van der Waals surface area contributed by atoms with Crippen molar-refractivity contribution in [3.05, 3.63) is 48.3 Å². The first kappa shape index (κ1) is 17.7. The van der Waals surface area contributed by atoms with Gasteiger partial charge in [-0.25, -0.2) is 4.98 Å². The Hall–Kier alpha value is -3.07. The van der Waals surface area contributed by atoms with Gasteiger partial charge in [-0.05, 0) is 50.1 Å². The summed E-state index contributed by atoms with van der Waals surface area (Å²) in [5.41, 5.74) is 3.15. The Labute approximate surface area is 153 Å². The zero-order valence-electron chi connectivity index (χ0n) is 14.9. The maximum atomic E-state index is 12.3. The number of aromatic nitrogens is 1. The first-order valence-electron chi connectivity index (χ1n) is 8.91. The third-order valence-electron chi connectivity index (χ3n) is 4.38. The number of nitriles is 1. The molecule has 1 unspecified atom stereocenters.